The number of fused-ring (bicyclic) bond motifs is 1. The summed E-state index contributed by atoms with van der Waals surface area (Å²) in [6.45, 7) is 1.65. The summed E-state index contributed by atoms with van der Waals surface area (Å²) in [7, 11) is 0. The van der Waals surface area contributed by atoms with Crippen molar-refractivity contribution in [3.63, 3.8) is 0 Å². The van der Waals surface area contributed by atoms with Crippen molar-refractivity contribution in [1.29, 1.82) is 0 Å². The van der Waals surface area contributed by atoms with Crippen molar-refractivity contribution in [3.8, 4) is 0 Å². The second-order valence-electron chi connectivity index (χ2n) is 6.05. The Morgan fingerprint density at radius 1 is 1.10 bits per heavy atom. The van der Waals surface area contributed by atoms with Gasteiger partial charge in [0, 0.05) is 11.9 Å². The van der Waals surface area contributed by atoms with Gasteiger partial charge in [-0.05, 0) is 36.8 Å². The molecule has 154 valence electrons. The van der Waals surface area contributed by atoms with E-state index in [4.69, 9.17) is 11.6 Å². The molecule has 0 saturated heterocycles. The minimum absolute atomic E-state index is 0.104. The van der Waals surface area contributed by atoms with E-state index in [0.717, 1.165) is 34.9 Å². The van der Waals surface area contributed by atoms with Crippen LogP contribution in [0.4, 0.5) is 32.0 Å². The van der Waals surface area contributed by atoms with Crippen molar-refractivity contribution >= 4 is 28.8 Å². The molecule has 1 N–H and O–H groups in total. The van der Waals surface area contributed by atoms with Crippen LogP contribution in [0.25, 0.3) is 5.65 Å². The van der Waals surface area contributed by atoms with E-state index in [1.54, 1.807) is 6.92 Å². The zero-order valence-corrected chi connectivity index (χ0v) is 15.4. The first-order valence-electron chi connectivity index (χ1n) is 8.18. The number of nitrogens with one attached hydrogen (secondary N) is 1. The highest BCUT2D eigenvalue weighted by atomic mass is 35.5. The predicted molar refractivity (Wildman–Crippen MR) is 94.0 cm³/mol. The molecule has 2 heterocycles. The number of carbonyl (C=O) groups is 1. The Bertz CT molecular complexity index is 1090. The molecule has 1 amide bonds. The number of carbonyl (C=O) groups excluding carboxylic acids is 1. The minimum atomic E-state index is -4.74. The summed E-state index contributed by atoms with van der Waals surface area (Å²) in [5.41, 5.74) is -2.25. The van der Waals surface area contributed by atoms with Crippen LogP contribution in [0.1, 0.15) is 34.2 Å². The second-order valence-corrected chi connectivity index (χ2v) is 6.46. The molecule has 1 aromatic carbocycles. The van der Waals surface area contributed by atoms with Crippen LogP contribution in [-0.2, 0) is 18.8 Å². The van der Waals surface area contributed by atoms with Crippen LogP contribution < -0.4 is 5.32 Å². The largest absolute Gasteiger partial charge is 0.417 e. The Morgan fingerprint density at radius 2 is 1.79 bits per heavy atom. The molecule has 11 heteroatoms. The molecule has 4 nitrogen and oxygen atoms in total. The monoisotopic (exact) mass is 435 g/mol. The van der Waals surface area contributed by atoms with Crippen molar-refractivity contribution < 1.29 is 31.1 Å². The van der Waals surface area contributed by atoms with Crippen LogP contribution in [0, 0.1) is 0 Å². The Balaban J connectivity index is 2.05. The highest BCUT2D eigenvalue weighted by molar-refractivity contribution is 6.31. The van der Waals surface area contributed by atoms with Crippen LogP contribution >= 0.6 is 11.6 Å². The van der Waals surface area contributed by atoms with Gasteiger partial charge in [-0.1, -0.05) is 18.5 Å². The third-order valence-corrected chi connectivity index (χ3v) is 4.43. The van der Waals surface area contributed by atoms with Crippen molar-refractivity contribution in [2.75, 3.05) is 5.32 Å². The van der Waals surface area contributed by atoms with Gasteiger partial charge < -0.3 is 5.32 Å². The third kappa shape index (κ3) is 4.16. The highest BCUT2D eigenvalue weighted by Crippen LogP contribution is 2.36. The van der Waals surface area contributed by atoms with Crippen LogP contribution in [0.15, 0.2) is 36.5 Å². The first-order valence-corrected chi connectivity index (χ1v) is 8.56. The van der Waals surface area contributed by atoms with E-state index in [1.807, 2.05) is 0 Å². The Kier molecular flexibility index (Phi) is 5.24. The van der Waals surface area contributed by atoms with E-state index in [0.29, 0.717) is 6.07 Å². The van der Waals surface area contributed by atoms with Gasteiger partial charge >= 0.3 is 12.4 Å². The van der Waals surface area contributed by atoms with Gasteiger partial charge in [0.25, 0.3) is 5.91 Å². The number of anilines is 1. The fourth-order valence-corrected chi connectivity index (χ4v) is 2.98. The summed E-state index contributed by atoms with van der Waals surface area (Å²) in [6.07, 6.45) is -8.44. The van der Waals surface area contributed by atoms with E-state index < -0.39 is 34.4 Å². The number of hydrogen-bond donors (Lipinski definition) is 1. The zero-order chi connectivity index (χ0) is 21.6. The molecule has 0 aliphatic heterocycles. The Hall–Kier alpha value is -2.75. The highest BCUT2D eigenvalue weighted by Gasteiger charge is 2.34. The smallest absolute Gasteiger partial charge is 0.321 e. The van der Waals surface area contributed by atoms with E-state index in [-0.39, 0.29) is 29.1 Å². The molecule has 0 fully saturated rings. The van der Waals surface area contributed by atoms with Gasteiger partial charge in [-0.3, -0.25) is 9.20 Å². The standard InChI is InChI=1S/C18H12ClF6N3O/c1-2-13-15(28-8-9(17(20,21)22)3-6-14(28)27-13)16(29)26-10-4-5-12(19)11(7-10)18(23,24)25/h3-8H,2H2,1H3,(H,26,29). The molecule has 0 radical (unpaired) electrons. The lowest BCUT2D eigenvalue weighted by Crippen LogP contribution is -2.17. The quantitative estimate of drug-likeness (QED) is 0.525. The minimum Gasteiger partial charge on any atom is -0.321 e. The number of nitrogens with zero attached hydrogens (tertiary/aromatic N) is 2. The Morgan fingerprint density at radius 3 is 2.38 bits per heavy atom. The van der Waals surface area contributed by atoms with Gasteiger partial charge in [0.1, 0.15) is 11.3 Å². The number of amides is 1. The van der Waals surface area contributed by atoms with Gasteiger partial charge in [-0.2, -0.15) is 26.3 Å². The summed E-state index contributed by atoms with van der Waals surface area (Å²) in [6, 6.07) is 4.72. The molecule has 0 saturated carbocycles. The van der Waals surface area contributed by atoms with Gasteiger partial charge in [0.15, 0.2) is 0 Å². The van der Waals surface area contributed by atoms with Crippen molar-refractivity contribution in [2.45, 2.75) is 25.7 Å². The number of rotatable bonds is 3. The van der Waals surface area contributed by atoms with Crippen LogP contribution in [0.5, 0.6) is 0 Å². The zero-order valence-electron chi connectivity index (χ0n) is 14.6. The molecule has 3 rings (SSSR count). The number of alkyl halides is 6. The third-order valence-electron chi connectivity index (χ3n) is 4.10. The lowest BCUT2D eigenvalue weighted by molar-refractivity contribution is -0.138. The molecule has 0 spiro atoms. The van der Waals surface area contributed by atoms with Gasteiger partial charge in [0.2, 0.25) is 0 Å². The maximum atomic E-state index is 13.0. The molecular weight excluding hydrogens is 424 g/mol. The maximum absolute atomic E-state index is 13.0. The molecule has 0 aliphatic rings. The van der Waals surface area contributed by atoms with Crippen LogP contribution in [0.3, 0.4) is 0 Å². The normalized spacial score (nSPS) is 12.4. The average molecular weight is 436 g/mol. The fourth-order valence-electron chi connectivity index (χ4n) is 2.76. The Labute approximate surface area is 165 Å². The molecule has 0 aliphatic carbocycles. The van der Waals surface area contributed by atoms with Crippen molar-refractivity contribution in [3.05, 3.63) is 64.1 Å². The predicted octanol–water partition coefficient (Wildman–Crippen LogP) is 5.84. The lowest BCUT2D eigenvalue weighted by Gasteiger charge is -2.12. The lowest BCUT2D eigenvalue weighted by atomic mass is 10.2. The molecule has 0 bridgehead atoms. The number of halogens is 7. The van der Waals surface area contributed by atoms with Crippen LogP contribution in [-0.4, -0.2) is 15.3 Å². The molecule has 2 aromatic heterocycles. The van der Waals surface area contributed by atoms with Crippen LogP contribution in [0.2, 0.25) is 5.02 Å². The first-order chi connectivity index (χ1) is 13.4. The van der Waals surface area contributed by atoms with Gasteiger partial charge in [0.05, 0.1) is 21.8 Å². The number of aryl methyl sites for hydroxylation is 1. The summed E-state index contributed by atoms with van der Waals surface area (Å²) in [4.78, 5) is 16.8. The number of benzene rings is 1. The number of imidazole rings is 1. The summed E-state index contributed by atoms with van der Waals surface area (Å²) in [5.74, 6) is -0.899. The number of pyridine rings is 1. The van der Waals surface area contributed by atoms with E-state index in [2.05, 4.69) is 10.3 Å². The van der Waals surface area contributed by atoms with Crippen molar-refractivity contribution in [2.24, 2.45) is 0 Å². The topological polar surface area (TPSA) is 46.4 Å². The number of aromatic nitrogens is 2. The first kappa shape index (κ1) is 21.0. The van der Waals surface area contributed by atoms with E-state index >= 15 is 0 Å². The average Bonchev–Trinajstić information content (AvgIpc) is 2.99. The molecule has 0 atom stereocenters. The summed E-state index contributed by atoms with van der Waals surface area (Å²) in [5, 5.41) is 1.72. The molecule has 29 heavy (non-hydrogen) atoms. The summed E-state index contributed by atoms with van der Waals surface area (Å²) < 4.78 is 79.1. The van der Waals surface area contributed by atoms with E-state index in [1.165, 1.54) is 0 Å². The molecule has 0 unspecified atom stereocenters. The number of hydrogen-bond acceptors (Lipinski definition) is 2. The molecule has 3 aromatic rings. The van der Waals surface area contributed by atoms with Crippen molar-refractivity contribution in [1.82, 2.24) is 9.38 Å². The molecular formula is C18H12ClF6N3O. The second kappa shape index (κ2) is 7.25. The SMILES string of the molecule is CCc1nc2ccc(C(F)(F)F)cn2c1C(=O)Nc1ccc(Cl)c(C(F)(F)F)c1. The van der Waals surface area contributed by atoms with Gasteiger partial charge in [-0.25, -0.2) is 4.98 Å². The fraction of sp³-hybridized carbons (Fsp3) is 0.222. The maximum Gasteiger partial charge on any atom is 0.417 e. The van der Waals surface area contributed by atoms with Gasteiger partial charge in [-0.15, -0.1) is 0 Å². The van der Waals surface area contributed by atoms with E-state index in [9.17, 15) is 31.1 Å². The summed E-state index contributed by atoms with van der Waals surface area (Å²) >= 11 is 5.55.